The van der Waals surface area contributed by atoms with Crippen molar-refractivity contribution in [3.63, 3.8) is 0 Å². The monoisotopic (exact) mass is 795 g/mol. The SMILES string of the molecule is C.C.C.C.C1CCOC1.CC1(O)CCC(CN)(c2ccc(Cl)c(Cl)c2)CC1.CCO.CN(C)CC1(c2ccc(Cl)c(Cl)c2)CCC(C)(O)CC1.[B]. The van der Waals surface area contributed by atoms with E-state index in [4.69, 9.17) is 62.0 Å². The molecule has 0 unspecified atom stereocenters. The van der Waals surface area contributed by atoms with E-state index in [0.29, 0.717) is 26.6 Å². The molecule has 1 aliphatic heterocycles. The van der Waals surface area contributed by atoms with Crippen molar-refractivity contribution in [2.45, 2.75) is 137 Å². The van der Waals surface area contributed by atoms with Gasteiger partial charge >= 0.3 is 0 Å². The van der Waals surface area contributed by atoms with Crippen LogP contribution in [0.4, 0.5) is 0 Å². The van der Waals surface area contributed by atoms with E-state index >= 15 is 0 Å². The fourth-order valence-electron chi connectivity index (χ4n) is 6.45. The Labute approximate surface area is 335 Å². The molecule has 2 aromatic rings. The molecule has 0 atom stereocenters. The molecule has 6 nitrogen and oxygen atoms in total. The van der Waals surface area contributed by atoms with Crippen molar-refractivity contribution in [1.82, 2.24) is 4.90 Å². The standard InChI is InChI=1S/C16H23Cl2NO.C14H19Cl2NO.C4H8O.C2H6O.4CH4.B/c1-15(20)6-8-16(9-7-15,11-19(2)3)12-4-5-13(17)14(18)10-12;1-13(18)4-6-14(9-17,7-5-13)10-2-3-11(15)12(16)8-10;1-2-4-5-3-1;1-2-3;;;;;/h4-5,10,20H,6-9,11H2,1-3H3;2-3,8,18H,4-7,9,17H2,1H3;1-4H2;3H,2H2,1H3;4*1H4;. The summed E-state index contributed by atoms with van der Waals surface area (Å²) < 4.78 is 4.94. The van der Waals surface area contributed by atoms with Gasteiger partial charge in [0.1, 0.15) is 0 Å². The number of benzene rings is 2. The lowest BCUT2D eigenvalue weighted by molar-refractivity contribution is -0.00438. The lowest BCUT2D eigenvalue weighted by Gasteiger charge is -2.44. The van der Waals surface area contributed by atoms with Gasteiger partial charge < -0.3 is 30.7 Å². The number of rotatable bonds is 5. The van der Waals surface area contributed by atoms with Crippen LogP contribution in [0.1, 0.15) is 126 Å². The Balaban J connectivity index is -0.000000330. The first-order chi connectivity index (χ1) is 21.5. The highest BCUT2D eigenvalue weighted by Crippen LogP contribution is 2.45. The van der Waals surface area contributed by atoms with Crippen LogP contribution in [0, 0.1) is 0 Å². The van der Waals surface area contributed by atoms with Gasteiger partial charge in [0.15, 0.2) is 0 Å². The summed E-state index contributed by atoms with van der Waals surface area (Å²) in [6, 6.07) is 11.7. The van der Waals surface area contributed by atoms with E-state index in [1.54, 1.807) is 6.92 Å². The van der Waals surface area contributed by atoms with Crippen LogP contribution in [0.2, 0.25) is 20.1 Å². The topological polar surface area (TPSA) is 99.2 Å². The number of ether oxygens (including phenoxy) is 1. The molecular formula is C40H72BCl4N2O4. The van der Waals surface area contributed by atoms with Crippen LogP contribution in [0.3, 0.4) is 0 Å². The van der Waals surface area contributed by atoms with Crippen molar-refractivity contribution in [3.8, 4) is 0 Å². The molecule has 297 valence electrons. The second kappa shape index (κ2) is 26.3. The average Bonchev–Trinajstić information content (AvgIpc) is 3.59. The normalized spacial score (nSPS) is 26.2. The van der Waals surface area contributed by atoms with E-state index < -0.39 is 11.2 Å². The van der Waals surface area contributed by atoms with E-state index in [1.165, 1.54) is 18.4 Å². The number of hydrogen-bond donors (Lipinski definition) is 4. The van der Waals surface area contributed by atoms with Gasteiger partial charge in [-0.15, -0.1) is 0 Å². The Kier molecular flexibility index (Phi) is 29.4. The molecule has 0 spiro atoms. The zero-order valence-corrected chi connectivity index (χ0v) is 32.0. The number of nitrogens with zero attached hydrogens (tertiary/aromatic N) is 1. The first-order valence-corrected chi connectivity index (χ1v) is 17.9. The molecule has 5 N–H and O–H groups in total. The highest BCUT2D eigenvalue weighted by atomic mass is 35.5. The van der Waals surface area contributed by atoms with Crippen molar-refractivity contribution in [2.75, 3.05) is 47.0 Å². The molecule has 1 saturated heterocycles. The van der Waals surface area contributed by atoms with Crippen molar-refractivity contribution >= 4 is 54.8 Å². The minimum atomic E-state index is -0.561. The smallest absolute Gasteiger partial charge is 0.0620 e. The maximum Gasteiger partial charge on any atom is 0.0620 e. The van der Waals surface area contributed by atoms with E-state index in [0.717, 1.165) is 76.7 Å². The number of nitrogens with two attached hydrogens (primary N) is 1. The third-order valence-electron chi connectivity index (χ3n) is 9.47. The van der Waals surface area contributed by atoms with Gasteiger partial charge in [0, 0.05) is 52.2 Å². The molecule has 0 bridgehead atoms. The minimum Gasteiger partial charge on any atom is -0.397 e. The summed E-state index contributed by atoms with van der Waals surface area (Å²) in [6.07, 6.45) is 9.44. The zero-order chi connectivity index (χ0) is 34.6. The van der Waals surface area contributed by atoms with Crippen molar-refractivity contribution in [1.29, 1.82) is 0 Å². The van der Waals surface area contributed by atoms with Gasteiger partial charge in [-0.1, -0.05) is 88.2 Å². The zero-order valence-electron chi connectivity index (χ0n) is 28.9. The quantitative estimate of drug-likeness (QED) is 0.225. The summed E-state index contributed by atoms with van der Waals surface area (Å²) in [7, 11) is 4.18. The summed E-state index contributed by atoms with van der Waals surface area (Å²) in [6.45, 7) is 9.28. The second-order valence-electron chi connectivity index (χ2n) is 13.9. The van der Waals surface area contributed by atoms with Crippen LogP contribution in [0.25, 0.3) is 0 Å². The van der Waals surface area contributed by atoms with Gasteiger partial charge in [0.25, 0.3) is 0 Å². The number of likely N-dealkylation sites (N-methyl/N-ethyl adjacent to an activating group) is 1. The molecule has 2 aromatic carbocycles. The van der Waals surface area contributed by atoms with Gasteiger partial charge in [0.2, 0.25) is 0 Å². The largest absolute Gasteiger partial charge is 0.397 e. The number of aliphatic hydroxyl groups excluding tert-OH is 1. The molecule has 5 rings (SSSR count). The molecule has 0 amide bonds. The average molecular weight is 798 g/mol. The molecule has 51 heavy (non-hydrogen) atoms. The van der Waals surface area contributed by atoms with Crippen molar-refractivity contribution in [2.24, 2.45) is 5.73 Å². The van der Waals surface area contributed by atoms with Crippen molar-refractivity contribution in [3.05, 3.63) is 67.6 Å². The first-order valence-electron chi connectivity index (χ1n) is 16.4. The molecule has 11 heteroatoms. The lowest BCUT2D eigenvalue weighted by atomic mass is 9.65. The summed E-state index contributed by atoms with van der Waals surface area (Å²) in [5, 5.41) is 30.2. The molecule has 2 aliphatic carbocycles. The van der Waals surface area contributed by atoms with E-state index in [1.807, 2.05) is 44.2 Å². The van der Waals surface area contributed by atoms with Crippen LogP contribution in [-0.2, 0) is 15.6 Å². The van der Waals surface area contributed by atoms with Gasteiger partial charge in [-0.3, -0.25) is 0 Å². The number of hydrogen-bond acceptors (Lipinski definition) is 6. The Hall–Kier alpha value is -0.575. The predicted molar refractivity (Wildman–Crippen MR) is 228 cm³/mol. The molecular weight excluding hydrogens is 725 g/mol. The summed E-state index contributed by atoms with van der Waals surface area (Å²) >= 11 is 24.3. The maximum absolute atomic E-state index is 10.2. The molecule has 3 radical (unpaired) electrons. The minimum absolute atomic E-state index is 0. The molecule has 0 aromatic heterocycles. The Morgan fingerprint density at radius 3 is 1.27 bits per heavy atom. The van der Waals surface area contributed by atoms with Crippen molar-refractivity contribution < 1.29 is 20.1 Å². The summed E-state index contributed by atoms with van der Waals surface area (Å²) in [5.41, 5.74) is 7.24. The highest BCUT2D eigenvalue weighted by Gasteiger charge is 2.41. The molecule has 2 saturated carbocycles. The maximum atomic E-state index is 10.2. The number of aliphatic hydroxyl groups is 3. The molecule has 1 heterocycles. The van der Waals surface area contributed by atoms with Gasteiger partial charge in [0.05, 0.1) is 31.3 Å². The van der Waals surface area contributed by atoms with Crippen LogP contribution in [0.5, 0.6) is 0 Å². The van der Waals surface area contributed by atoms with Gasteiger partial charge in [-0.2, -0.15) is 0 Å². The van der Waals surface area contributed by atoms with E-state index in [-0.39, 0.29) is 55.6 Å². The fourth-order valence-corrected chi connectivity index (χ4v) is 7.05. The molecule has 3 aliphatic rings. The molecule has 3 fully saturated rings. The van der Waals surface area contributed by atoms with Crippen LogP contribution in [0.15, 0.2) is 36.4 Å². The number of halogens is 4. The second-order valence-corrected chi connectivity index (χ2v) is 15.5. The van der Waals surface area contributed by atoms with E-state index in [9.17, 15) is 10.2 Å². The Bertz CT molecular complexity index is 1190. The third-order valence-corrected chi connectivity index (χ3v) is 10.9. The Morgan fingerprint density at radius 1 is 0.667 bits per heavy atom. The summed E-state index contributed by atoms with van der Waals surface area (Å²) in [5.74, 6) is 0. The fraction of sp³-hybridized carbons (Fsp3) is 0.700. The highest BCUT2D eigenvalue weighted by molar-refractivity contribution is 6.42. The lowest BCUT2D eigenvalue weighted by Crippen LogP contribution is -2.45. The Morgan fingerprint density at radius 2 is 1.00 bits per heavy atom. The predicted octanol–water partition coefficient (Wildman–Crippen LogP) is 10.6. The van der Waals surface area contributed by atoms with Crippen LogP contribution < -0.4 is 5.73 Å². The third kappa shape index (κ3) is 18.1. The van der Waals surface area contributed by atoms with Crippen LogP contribution >= 0.6 is 46.4 Å². The summed E-state index contributed by atoms with van der Waals surface area (Å²) in [4.78, 5) is 2.21. The first kappa shape index (κ1) is 57.2. The van der Waals surface area contributed by atoms with Crippen LogP contribution in [-0.4, -0.2) is 86.8 Å². The van der Waals surface area contributed by atoms with Gasteiger partial charge in [-0.05, 0) is 134 Å². The van der Waals surface area contributed by atoms with Gasteiger partial charge in [-0.25, -0.2) is 0 Å². The van der Waals surface area contributed by atoms with E-state index in [2.05, 4.69) is 25.1 Å².